The second kappa shape index (κ2) is 6.75. The minimum absolute atomic E-state index is 0.0185. The number of aryl methyl sites for hydroxylation is 1. The monoisotopic (exact) mass is 331 g/mol. The Bertz CT molecular complexity index is 592. The average Bonchev–Trinajstić information content (AvgIpc) is 3.29. The largest absolute Gasteiger partial charge is 0.334 e. The first-order valence-electron chi connectivity index (χ1n) is 9.52. The number of rotatable bonds is 3. The molecule has 6 nitrogen and oxygen atoms in total. The molecule has 2 unspecified atom stereocenters. The zero-order valence-electron chi connectivity index (χ0n) is 14.6. The summed E-state index contributed by atoms with van der Waals surface area (Å²) in [5.74, 6) is 0. The molecule has 2 atom stereocenters. The summed E-state index contributed by atoms with van der Waals surface area (Å²) in [6.07, 6.45) is 11.6. The van der Waals surface area contributed by atoms with Gasteiger partial charge in [-0.2, -0.15) is 5.10 Å². The van der Waals surface area contributed by atoms with Crippen LogP contribution in [-0.4, -0.2) is 45.9 Å². The Balaban J connectivity index is 1.30. The number of carbonyl (C=O) groups excluding carboxylic acids is 1. The zero-order chi connectivity index (χ0) is 16.5. The number of nitrogens with one attached hydrogen (secondary N) is 2. The molecule has 1 aromatic heterocycles. The van der Waals surface area contributed by atoms with Gasteiger partial charge in [-0.05, 0) is 38.5 Å². The van der Waals surface area contributed by atoms with Crippen LogP contribution in [0.5, 0.6) is 0 Å². The van der Waals surface area contributed by atoms with Crippen LogP contribution in [0.15, 0.2) is 6.20 Å². The van der Waals surface area contributed by atoms with Gasteiger partial charge in [0, 0.05) is 43.5 Å². The third-order valence-electron chi connectivity index (χ3n) is 6.08. The number of hydrogen-bond donors (Lipinski definition) is 2. The van der Waals surface area contributed by atoms with Gasteiger partial charge in [-0.3, -0.25) is 9.58 Å². The predicted octanol–water partition coefficient (Wildman–Crippen LogP) is 2.11. The third-order valence-corrected chi connectivity index (χ3v) is 6.08. The van der Waals surface area contributed by atoms with Gasteiger partial charge in [0.25, 0.3) is 0 Å². The van der Waals surface area contributed by atoms with E-state index < -0.39 is 0 Å². The molecule has 1 saturated heterocycles. The van der Waals surface area contributed by atoms with E-state index in [0.717, 1.165) is 44.8 Å². The molecule has 0 spiro atoms. The Morgan fingerprint density at radius 2 is 2.00 bits per heavy atom. The fourth-order valence-corrected chi connectivity index (χ4v) is 4.75. The van der Waals surface area contributed by atoms with Crippen LogP contribution in [-0.2, 0) is 13.5 Å². The van der Waals surface area contributed by atoms with Gasteiger partial charge in [-0.15, -0.1) is 0 Å². The highest BCUT2D eigenvalue weighted by molar-refractivity contribution is 5.75. The maximum absolute atomic E-state index is 12.4. The summed E-state index contributed by atoms with van der Waals surface area (Å²) in [6, 6.07) is 1.14. The summed E-state index contributed by atoms with van der Waals surface area (Å²) >= 11 is 0. The number of carbonyl (C=O) groups is 1. The molecule has 2 aliphatic carbocycles. The van der Waals surface area contributed by atoms with Crippen LogP contribution in [0.25, 0.3) is 0 Å². The van der Waals surface area contributed by atoms with Crippen molar-refractivity contribution in [1.82, 2.24) is 25.3 Å². The number of nitrogens with zero attached hydrogens (tertiary/aromatic N) is 3. The summed E-state index contributed by atoms with van der Waals surface area (Å²) in [7, 11) is 1.98. The summed E-state index contributed by atoms with van der Waals surface area (Å²) < 4.78 is 1.94. The van der Waals surface area contributed by atoms with Crippen LogP contribution < -0.4 is 10.6 Å². The molecule has 24 heavy (non-hydrogen) atoms. The van der Waals surface area contributed by atoms with Crippen molar-refractivity contribution in [3.63, 3.8) is 0 Å². The van der Waals surface area contributed by atoms with E-state index in [9.17, 15) is 4.79 Å². The minimum atomic E-state index is -0.0185. The highest BCUT2D eigenvalue weighted by Crippen LogP contribution is 2.29. The number of likely N-dealkylation sites (tertiary alicyclic amines) is 1. The van der Waals surface area contributed by atoms with E-state index in [-0.39, 0.29) is 12.1 Å². The van der Waals surface area contributed by atoms with Gasteiger partial charge in [-0.25, -0.2) is 4.79 Å². The number of aromatic nitrogens is 2. The number of hydrogen-bond acceptors (Lipinski definition) is 3. The Morgan fingerprint density at radius 1 is 1.17 bits per heavy atom. The number of amides is 2. The maximum atomic E-state index is 12.4. The van der Waals surface area contributed by atoms with Gasteiger partial charge < -0.3 is 10.6 Å². The first-order chi connectivity index (χ1) is 11.7. The van der Waals surface area contributed by atoms with Crippen molar-refractivity contribution in [1.29, 1.82) is 0 Å². The van der Waals surface area contributed by atoms with Crippen LogP contribution >= 0.6 is 0 Å². The van der Waals surface area contributed by atoms with Gasteiger partial charge in [0.15, 0.2) is 0 Å². The molecule has 0 bridgehead atoms. The standard InChI is InChI=1S/C18H29N5O/c1-22-17-8-4-7-16(15(17)11-19-22)21-18(24)20-13-9-10-23(12-13)14-5-2-3-6-14/h11,13-14,16H,2-10,12H2,1H3,(H2,20,21,24). The molecule has 0 radical (unpaired) electrons. The Kier molecular flexibility index (Phi) is 4.48. The first-order valence-corrected chi connectivity index (χ1v) is 9.52. The van der Waals surface area contributed by atoms with E-state index in [4.69, 9.17) is 0 Å². The average molecular weight is 331 g/mol. The van der Waals surface area contributed by atoms with Crippen LogP contribution in [0.1, 0.15) is 62.2 Å². The molecule has 1 saturated carbocycles. The van der Waals surface area contributed by atoms with Crippen molar-refractivity contribution in [3.8, 4) is 0 Å². The summed E-state index contributed by atoms with van der Waals surface area (Å²) in [5, 5.41) is 10.7. The number of fused-ring (bicyclic) bond motifs is 1. The van der Waals surface area contributed by atoms with Crippen LogP contribution in [0.3, 0.4) is 0 Å². The molecule has 2 fully saturated rings. The van der Waals surface area contributed by atoms with Crippen molar-refractivity contribution in [2.75, 3.05) is 13.1 Å². The smallest absolute Gasteiger partial charge is 0.315 e. The lowest BCUT2D eigenvalue weighted by molar-refractivity contribution is 0.224. The lowest BCUT2D eigenvalue weighted by Gasteiger charge is -2.26. The van der Waals surface area contributed by atoms with E-state index in [2.05, 4.69) is 20.6 Å². The molecule has 1 aliphatic heterocycles. The van der Waals surface area contributed by atoms with E-state index >= 15 is 0 Å². The molecule has 2 heterocycles. The molecular formula is C18H29N5O. The fourth-order valence-electron chi connectivity index (χ4n) is 4.75. The normalized spacial score (nSPS) is 28.0. The molecule has 2 N–H and O–H groups in total. The fraction of sp³-hybridized carbons (Fsp3) is 0.778. The first kappa shape index (κ1) is 15.9. The molecule has 4 rings (SSSR count). The molecule has 0 aromatic carbocycles. The Morgan fingerprint density at radius 3 is 2.83 bits per heavy atom. The minimum Gasteiger partial charge on any atom is -0.334 e. The maximum Gasteiger partial charge on any atom is 0.315 e. The number of urea groups is 1. The van der Waals surface area contributed by atoms with Gasteiger partial charge in [0.2, 0.25) is 0 Å². The lowest BCUT2D eigenvalue weighted by Crippen LogP contribution is -2.45. The quantitative estimate of drug-likeness (QED) is 0.892. The van der Waals surface area contributed by atoms with Crippen LogP contribution in [0.2, 0.25) is 0 Å². The van der Waals surface area contributed by atoms with Gasteiger partial charge in [-0.1, -0.05) is 12.8 Å². The zero-order valence-corrected chi connectivity index (χ0v) is 14.6. The van der Waals surface area contributed by atoms with E-state index in [1.54, 1.807) is 0 Å². The molecule has 2 amide bonds. The molecule has 132 valence electrons. The SMILES string of the molecule is Cn1ncc2c1CCCC2NC(=O)NC1CCN(C2CCCC2)C1. The van der Waals surface area contributed by atoms with E-state index in [1.807, 2.05) is 17.9 Å². The molecule has 1 aromatic rings. The van der Waals surface area contributed by atoms with Crippen molar-refractivity contribution in [2.24, 2.45) is 7.05 Å². The Hall–Kier alpha value is -1.56. The van der Waals surface area contributed by atoms with Crippen LogP contribution in [0.4, 0.5) is 4.79 Å². The summed E-state index contributed by atoms with van der Waals surface area (Å²) in [6.45, 7) is 2.15. The third kappa shape index (κ3) is 3.16. The van der Waals surface area contributed by atoms with Gasteiger partial charge in [0.1, 0.15) is 0 Å². The highest BCUT2D eigenvalue weighted by atomic mass is 16.2. The summed E-state index contributed by atoms with van der Waals surface area (Å²) in [4.78, 5) is 15.0. The lowest BCUT2D eigenvalue weighted by atomic mass is 9.93. The van der Waals surface area contributed by atoms with Crippen molar-refractivity contribution in [3.05, 3.63) is 17.5 Å². The van der Waals surface area contributed by atoms with E-state index in [0.29, 0.717) is 6.04 Å². The Labute approximate surface area is 144 Å². The van der Waals surface area contributed by atoms with Gasteiger partial charge in [0.05, 0.1) is 12.2 Å². The van der Waals surface area contributed by atoms with Crippen molar-refractivity contribution < 1.29 is 4.79 Å². The summed E-state index contributed by atoms with van der Waals surface area (Å²) in [5.41, 5.74) is 2.46. The highest BCUT2D eigenvalue weighted by Gasteiger charge is 2.31. The van der Waals surface area contributed by atoms with Crippen molar-refractivity contribution in [2.45, 2.75) is 69.5 Å². The van der Waals surface area contributed by atoms with Gasteiger partial charge >= 0.3 is 6.03 Å². The van der Waals surface area contributed by atoms with Crippen molar-refractivity contribution >= 4 is 6.03 Å². The predicted molar refractivity (Wildman–Crippen MR) is 92.8 cm³/mol. The topological polar surface area (TPSA) is 62.2 Å². The second-order valence-electron chi connectivity index (χ2n) is 7.65. The molecule has 6 heteroatoms. The molecule has 3 aliphatic rings. The van der Waals surface area contributed by atoms with E-state index in [1.165, 1.54) is 36.9 Å². The molecular weight excluding hydrogens is 302 g/mol. The second-order valence-corrected chi connectivity index (χ2v) is 7.65. The van der Waals surface area contributed by atoms with Crippen LogP contribution in [0, 0.1) is 0 Å².